The SMILES string of the molecule is [2H]c1nc2c3cc([2H])c([2H])c([2H])c3c3c([2H])c(C(C)(C)C)c([2H])c(-c4c([2H])c([2H])c(C(C)(C)C)c([2H])c4[2H])c3c2o1. The van der Waals surface area contributed by atoms with Crippen molar-refractivity contribution in [3.63, 3.8) is 0 Å². The second-order valence-electron chi connectivity index (χ2n) is 9.81. The molecule has 1 heterocycles. The third-order valence-electron chi connectivity index (χ3n) is 5.37. The monoisotopic (exact) mass is 417 g/mol. The smallest absolute Gasteiger partial charge is 0.182 e. The highest BCUT2D eigenvalue weighted by Gasteiger charge is 2.22. The molecular formula is C29H29NO. The van der Waals surface area contributed by atoms with Crippen LogP contribution in [0.3, 0.4) is 0 Å². The Morgan fingerprint density at radius 3 is 2.16 bits per heavy atom. The molecule has 4 aromatic carbocycles. The van der Waals surface area contributed by atoms with Gasteiger partial charge in [-0.1, -0.05) is 89.9 Å². The van der Waals surface area contributed by atoms with Gasteiger partial charge in [-0.3, -0.25) is 0 Å². The van der Waals surface area contributed by atoms with Gasteiger partial charge in [-0.2, -0.15) is 0 Å². The number of nitrogens with zero attached hydrogens (tertiary/aromatic N) is 1. The number of hydrogen-bond donors (Lipinski definition) is 0. The van der Waals surface area contributed by atoms with Crippen molar-refractivity contribution in [2.24, 2.45) is 0 Å². The lowest BCUT2D eigenvalue weighted by atomic mass is 9.81. The summed E-state index contributed by atoms with van der Waals surface area (Å²) in [4.78, 5) is 4.18. The molecule has 2 heteroatoms. The minimum absolute atomic E-state index is 0.0248. The van der Waals surface area contributed by atoms with Crippen LogP contribution in [0.15, 0.2) is 71.2 Å². The van der Waals surface area contributed by atoms with Crippen LogP contribution in [0.1, 0.15) is 66.4 Å². The van der Waals surface area contributed by atoms with E-state index in [1.165, 1.54) is 6.07 Å². The van der Waals surface area contributed by atoms with Crippen LogP contribution in [0.25, 0.3) is 43.8 Å². The predicted octanol–water partition coefficient (Wildman–Crippen LogP) is 8.40. The number of oxazole rings is 1. The maximum atomic E-state index is 9.36. The fraction of sp³-hybridized carbons (Fsp3) is 0.276. The van der Waals surface area contributed by atoms with E-state index in [9.17, 15) is 2.74 Å². The van der Waals surface area contributed by atoms with E-state index in [0.717, 1.165) is 0 Å². The molecule has 0 aliphatic heterocycles. The molecule has 31 heavy (non-hydrogen) atoms. The summed E-state index contributed by atoms with van der Waals surface area (Å²) in [6.45, 7) is 10.8. The van der Waals surface area contributed by atoms with Crippen LogP contribution in [0.4, 0.5) is 0 Å². The van der Waals surface area contributed by atoms with Crippen LogP contribution in [0.5, 0.6) is 0 Å². The van der Waals surface area contributed by atoms with Gasteiger partial charge >= 0.3 is 0 Å². The van der Waals surface area contributed by atoms with Crippen molar-refractivity contribution in [2.75, 3.05) is 0 Å². The van der Waals surface area contributed by atoms with E-state index in [4.69, 9.17) is 15.4 Å². The Hall–Kier alpha value is -3.13. The first kappa shape index (κ1) is 11.5. The lowest BCUT2D eigenvalue weighted by Crippen LogP contribution is -2.11. The summed E-state index contributed by atoms with van der Waals surface area (Å²) in [5.74, 6) is 0. The zero-order chi connectivity index (χ0) is 30.7. The van der Waals surface area contributed by atoms with Crippen LogP contribution in [0, 0.1) is 0 Å². The second-order valence-corrected chi connectivity index (χ2v) is 9.81. The Bertz CT molecular complexity index is 1930. The normalized spacial score (nSPS) is 17.4. The van der Waals surface area contributed by atoms with Gasteiger partial charge in [0, 0.05) is 10.8 Å². The van der Waals surface area contributed by atoms with Crippen LogP contribution >= 0.6 is 0 Å². The number of benzene rings is 4. The second kappa shape index (κ2) is 6.68. The van der Waals surface area contributed by atoms with Crippen molar-refractivity contribution < 1.29 is 18.1 Å². The zero-order valence-electron chi connectivity index (χ0n) is 28.4. The Morgan fingerprint density at radius 1 is 0.774 bits per heavy atom. The molecule has 0 fully saturated rings. The molecule has 0 bridgehead atoms. The molecule has 0 unspecified atom stereocenters. The fourth-order valence-corrected chi connectivity index (χ4v) is 3.62. The van der Waals surface area contributed by atoms with Gasteiger partial charge in [0.25, 0.3) is 0 Å². The number of rotatable bonds is 1. The van der Waals surface area contributed by atoms with Crippen LogP contribution in [-0.4, -0.2) is 4.98 Å². The lowest BCUT2D eigenvalue weighted by Gasteiger charge is -2.23. The van der Waals surface area contributed by atoms with E-state index in [1.54, 1.807) is 20.8 Å². The van der Waals surface area contributed by atoms with Crippen molar-refractivity contribution in [1.29, 1.82) is 0 Å². The molecule has 0 amide bonds. The van der Waals surface area contributed by atoms with Gasteiger partial charge in [0.2, 0.25) is 0 Å². The maximum absolute atomic E-state index is 9.36. The summed E-state index contributed by atoms with van der Waals surface area (Å²) in [6.07, 6.45) is -0.492. The van der Waals surface area contributed by atoms with E-state index in [1.807, 2.05) is 20.8 Å². The molecule has 0 radical (unpaired) electrons. The summed E-state index contributed by atoms with van der Waals surface area (Å²) in [5.41, 5.74) is -1.17. The molecule has 0 saturated carbocycles. The fourth-order valence-electron chi connectivity index (χ4n) is 3.62. The summed E-state index contributed by atoms with van der Waals surface area (Å²) >= 11 is 0. The standard InChI is InChI=1S/C29H29NO/c1-28(2,3)19-13-11-18(12-14-19)23-15-20(29(4,5)6)16-24-21-9-7-8-10-22(21)26-27(25(23)24)31-17-30-26/h7-17H,1-6H3/i7D,8D,9D,11D,12D,13D,14D,15D,16D,17D. The van der Waals surface area contributed by atoms with Crippen LogP contribution < -0.4 is 0 Å². The molecule has 0 saturated heterocycles. The lowest BCUT2D eigenvalue weighted by molar-refractivity contribution is 0.590. The molecule has 0 aliphatic rings. The summed E-state index contributed by atoms with van der Waals surface area (Å²) in [5, 5.41) is 0.506. The highest BCUT2D eigenvalue weighted by molar-refractivity contribution is 6.26. The minimum Gasteiger partial charge on any atom is -0.443 e. The van der Waals surface area contributed by atoms with E-state index in [0.29, 0.717) is 0 Å². The highest BCUT2D eigenvalue weighted by Crippen LogP contribution is 2.42. The van der Waals surface area contributed by atoms with E-state index < -0.39 is 17.2 Å². The average Bonchev–Trinajstić information content (AvgIpc) is 3.23. The Labute approximate surface area is 198 Å². The topological polar surface area (TPSA) is 26.0 Å². The molecular weight excluding hydrogens is 378 g/mol. The van der Waals surface area contributed by atoms with Gasteiger partial charge in [0.15, 0.2) is 12.0 Å². The van der Waals surface area contributed by atoms with Crippen molar-refractivity contribution in [3.8, 4) is 11.1 Å². The number of aromatic nitrogens is 1. The molecule has 1 aromatic heterocycles. The van der Waals surface area contributed by atoms with Gasteiger partial charge in [-0.15, -0.1) is 0 Å². The predicted molar refractivity (Wildman–Crippen MR) is 132 cm³/mol. The first-order valence-electron chi connectivity index (χ1n) is 15.2. The van der Waals surface area contributed by atoms with Crippen LogP contribution in [0.2, 0.25) is 0 Å². The minimum atomic E-state index is -0.801. The molecule has 156 valence electrons. The largest absolute Gasteiger partial charge is 0.443 e. The molecule has 0 spiro atoms. The molecule has 5 rings (SSSR count). The van der Waals surface area contributed by atoms with Crippen molar-refractivity contribution >= 4 is 32.6 Å². The van der Waals surface area contributed by atoms with Gasteiger partial charge in [0.05, 0.1) is 12.3 Å². The zero-order valence-corrected chi connectivity index (χ0v) is 18.4. The van der Waals surface area contributed by atoms with E-state index in [2.05, 4.69) is 4.98 Å². The number of hydrogen-bond acceptors (Lipinski definition) is 2. The van der Waals surface area contributed by atoms with Crippen molar-refractivity contribution in [2.45, 2.75) is 52.4 Å². The summed E-state index contributed by atoms with van der Waals surface area (Å²) < 4.78 is 93.7. The van der Waals surface area contributed by atoms with Crippen molar-refractivity contribution in [3.05, 3.63) is 77.9 Å². The van der Waals surface area contributed by atoms with Gasteiger partial charge in [-0.05, 0) is 55.9 Å². The van der Waals surface area contributed by atoms with Gasteiger partial charge in [0.1, 0.15) is 6.89 Å². The first-order chi connectivity index (χ1) is 18.8. The Kier molecular flexibility index (Phi) is 2.47. The Morgan fingerprint density at radius 2 is 1.48 bits per heavy atom. The third kappa shape index (κ3) is 3.22. The van der Waals surface area contributed by atoms with Gasteiger partial charge < -0.3 is 4.42 Å². The Balaban J connectivity index is 2.22. The maximum Gasteiger partial charge on any atom is 0.182 e. The van der Waals surface area contributed by atoms with Crippen molar-refractivity contribution in [1.82, 2.24) is 4.98 Å². The van der Waals surface area contributed by atoms with E-state index in [-0.39, 0.29) is 109 Å². The van der Waals surface area contributed by atoms with Crippen LogP contribution in [-0.2, 0) is 10.8 Å². The first-order valence-corrected chi connectivity index (χ1v) is 10.2. The third-order valence-corrected chi connectivity index (χ3v) is 5.37. The highest BCUT2D eigenvalue weighted by atomic mass is 16.3. The number of fused-ring (bicyclic) bond motifs is 6. The summed E-state index contributed by atoms with van der Waals surface area (Å²) in [6, 6.07) is -1.16. The summed E-state index contributed by atoms with van der Waals surface area (Å²) in [7, 11) is 0. The molecule has 5 aromatic rings. The quantitative estimate of drug-likeness (QED) is 0.256. The molecule has 0 N–H and O–H groups in total. The molecule has 0 aliphatic carbocycles. The molecule has 0 atom stereocenters. The average molecular weight is 418 g/mol. The van der Waals surface area contributed by atoms with Gasteiger partial charge in [-0.25, -0.2) is 4.98 Å². The molecule has 2 nitrogen and oxygen atoms in total. The van der Waals surface area contributed by atoms with E-state index >= 15 is 0 Å².